The molecule has 0 bridgehead atoms. The molecule has 1 nitrogen and oxygen atoms in total. The van der Waals surface area contributed by atoms with Crippen molar-refractivity contribution in [1.82, 2.24) is 5.32 Å². The first-order valence-corrected chi connectivity index (χ1v) is 8.12. The maximum Gasteiger partial charge on any atom is 0.0323 e. The first-order chi connectivity index (χ1) is 8.83. The van der Waals surface area contributed by atoms with Crippen molar-refractivity contribution < 1.29 is 0 Å². The summed E-state index contributed by atoms with van der Waals surface area (Å²) in [7, 11) is 0. The zero-order chi connectivity index (χ0) is 14.5. The minimum absolute atomic E-state index is 0.395. The smallest absolute Gasteiger partial charge is 0.0323 e. The normalized spacial score (nSPS) is 13.6. The molecule has 0 aliphatic carbocycles. The van der Waals surface area contributed by atoms with Crippen molar-refractivity contribution in [2.45, 2.75) is 59.9 Å². The number of nitrogens with one attached hydrogen (secondary N) is 1. The van der Waals surface area contributed by atoms with Crippen LogP contribution in [-0.4, -0.2) is 6.54 Å². The van der Waals surface area contributed by atoms with E-state index in [-0.39, 0.29) is 0 Å². The van der Waals surface area contributed by atoms with Crippen LogP contribution in [0.2, 0.25) is 0 Å². The molecule has 2 heteroatoms. The van der Waals surface area contributed by atoms with Crippen molar-refractivity contribution >= 4 is 15.9 Å². The van der Waals surface area contributed by atoms with Crippen molar-refractivity contribution in [3.8, 4) is 0 Å². The molecule has 108 valence electrons. The highest BCUT2D eigenvalue weighted by Gasteiger charge is 2.18. The van der Waals surface area contributed by atoms with Crippen LogP contribution < -0.4 is 5.32 Å². The van der Waals surface area contributed by atoms with Crippen molar-refractivity contribution in [2.24, 2.45) is 5.41 Å². The van der Waals surface area contributed by atoms with E-state index in [2.05, 4.69) is 74.1 Å². The maximum absolute atomic E-state index is 3.71. The number of benzene rings is 1. The van der Waals surface area contributed by atoms with Gasteiger partial charge in [0, 0.05) is 10.5 Å². The number of rotatable bonds is 6. The topological polar surface area (TPSA) is 12.0 Å². The van der Waals surface area contributed by atoms with Gasteiger partial charge in [0.1, 0.15) is 0 Å². The van der Waals surface area contributed by atoms with Gasteiger partial charge in [-0.1, -0.05) is 49.7 Å². The second kappa shape index (κ2) is 7.44. The molecule has 0 aliphatic rings. The van der Waals surface area contributed by atoms with Gasteiger partial charge >= 0.3 is 0 Å². The van der Waals surface area contributed by atoms with E-state index in [1.165, 1.54) is 34.9 Å². The summed E-state index contributed by atoms with van der Waals surface area (Å²) < 4.78 is 1.17. The van der Waals surface area contributed by atoms with Gasteiger partial charge in [-0.25, -0.2) is 0 Å². The second-order valence-corrected chi connectivity index (χ2v) is 7.52. The molecule has 1 aromatic carbocycles. The van der Waals surface area contributed by atoms with E-state index < -0.39 is 0 Å². The van der Waals surface area contributed by atoms with E-state index in [4.69, 9.17) is 0 Å². The molecule has 0 aliphatic heterocycles. The number of aryl methyl sites for hydroxylation is 1. The summed E-state index contributed by atoms with van der Waals surface area (Å²) in [5.41, 5.74) is 3.21. The van der Waals surface area contributed by atoms with Gasteiger partial charge < -0.3 is 5.32 Å². The van der Waals surface area contributed by atoms with Crippen LogP contribution >= 0.6 is 15.9 Å². The van der Waals surface area contributed by atoms with Crippen LogP contribution in [-0.2, 0) is 0 Å². The first kappa shape index (κ1) is 16.7. The quantitative estimate of drug-likeness (QED) is 0.715. The highest BCUT2D eigenvalue weighted by molar-refractivity contribution is 9.10. The van der Waals surface area contributed by atoms with Crippen LogP contribution in [0.4, 0.5) is 0 Å². The Kier molecular flexibility index (Phi) is 6.55. The van der Waals surface area contributed by atoms with Gasteiger partial charge in [0.25, 0.3) is 0 Å². The molecule has 0 heterocycles. The highest BCUT2D eigenvalue weighted by atomic mass is 79.9. The minimum atomic E-state index is 0.395. The summed E-state index contributed by atoms with van der Waals surface area (Å²) >= 11 is 3.60. The van der Waals surface area contributed by atoms with Crippen LogP contribution in [0.3, 0.4) is 0 Å². The van der Waals surface area contributed by atoms with E-state index in [9.17, 15) is 0 Å². The average molecular weight is 326 g/mol. The van der Waals surface area contributed by atoms with Gasteiger partial charge in [-0.2, -0.15) is 0 Å². The lowest BCUT2D eigenvalue weighted by molar-refractivity contribution is 0.331. The number of hydrogen-bond acceptors (Lipinski definition) is 1. The van der Waals surface area contributed by atoms with Crippen molar-refractivity contribution in [3.63, 3.8) is 0 Å². The van der Waals surface area contributed by atoms with Gasteiger partial charge in [-0.05, 0) is 61.4 Å². The van der Waals surface area contributed by atoms with Gasteiger partial charge in [0.05, 0.1) is 0 Å². The summed E-state index contributed by atoms with van der Waals surface area (Å²) in [6, 6.07) is 7.07. The summed E-state index contributed by atoms with van der Waals surface area (Å²) in [5, 5.41) is 3.71. The molecule has 0 saturated carbocycles. The lowest BCUT2D eigenvalue weighted by Crippen LogP contribution is -2.24. The SMILES string of the molecule is CCCNC(CCC(C)(C)C)c1cc(Br)ccc1C. The van der Waals surface area contributed by atoms with Crippen LogP contribution in [0.25, 0.3) is 0 Å². The van der Waals surface area contributed by atoms with Gasteiger partial charge in [-0.15, -0.1) is 0 Å². The van der Waals surface area contributed by atoms with Crippen LogP contribution in [0, 0.1) is 12.3 Å². The van der Waals surface area contributed by atoms with Gasteiger partial charge in [0.15, 0.2) is 0 Å². The molecule has 1 rings (SSSR count). The van der Waals surface area contributed by atoms with Crippen LogP contribution in [0.5, 0.6) is 0 Å². The summed E-state index contributed by atoms with van der Waals surface area (Å²) in [4.78, 5) is 0. The average Bonchev–Trinajstić information content (AvgIpc) is 2.32. The Morgan fingerprint density at radius 2 is 1.95 bits per heavy atom. The Labute approximate surface area is 127 Å². The van der Waals surface area contributed by atoms with E-state index in [0.29, 0.717) is 11.5 Å². The fraction of sp³-hybridized carbons (Fsp3) is 0.647. The third-order valence-electron chi connectivity index (χ3n) is 3.44. The van der Waals surface area contributed by atoms with Gasteiger partial charge in [-0.3, -0.25) is 0 Å². The fourth-order valence-electron chi connectivity index (χ4n) is 2.25. The highest BCUT2D eigenvalue weighted by Crippen LogP contribution is 2.30. The standard InChI is InChI=1S/C17H28BrN/c1-6-11-19-16(9-10-17(3,4)5)15-12-14(18)8-7-13(15)2/h7-8,12,16,19H,6,9-11H2,1-5H3. The zero-order valence-electron chi connectivity index (χ0n) is 13.0. The van der Waals surface area contributed by atoms with E-state index in [0.717, 1.165) is 6.54 Å². The lowest BCUT2D eigenvalue weighted by Gasteiger charge is -2.25. The lowest BCUT2D eigenvalue weighted by atomic mass is 9.86. The molecule has 0 spiro atoms. The summed E-state index contributed by atoms with van der Waals surface area (Å²) in [6.45, 7) is 12.5. The Balaban J connectivity index is 2.85. The van der Waals surface area contributed by atoms with E-state index >= 15 is 0 Å². The maximum atomic E-state index is 3.71. The molecule has 0 amide bonds. The molecule has 0 fully saturated rings. The molecule has 19 heavy (non-hydrogen) atoms. The van der Waals surface area contributed by atoms with Crippen molar-refractivity contribution in [3.05, 3.63) is 33.8 Å². The number of halogens is 1. The third-order valence-corrected chi connectivity index (χ3v) is 3.93. The molecule has 0 radical (unpaired) electrons. The minimum Gasteiger partial charge on any atom is -0.310 e. The van der Waals surface area contributed by atoms with E-state index in [1.807, 2.05) is 0 Å². The fourth-order valence-corrected chi connectivity index (χ4v) is 2.63. The van der Waals surface area contributed by atoms with E-state index in [1.54, 1.807) is 0 Å². The Morgan fingerprint density at radius 3 is 2.53 bits per heavy atom. The monoisotopic (exact) mass is 325 g/mol. The predicted octanol–water partition coefficient (Wildman–Crippen LogP) is 5.62. The molecule has 0 saturated heterocycles. The third kappa shape index (κ3) is 6.09. The summed E-state index contributed by atoms with van der Waals surface area (Å²) in [6.07, 6.45) is 3.61. The molecular formula is C17H28BrN. The van der Waals surface area contributed by atoms with Crippen LogP contribution in [0.15, 0.2) is 22.7 Å². The summed E-state index contributed by atoms with van der Waals surface area (Å²) in [5.74, 6) is 0. The zero-order valence-corrected chi connectivity index (χ0v) is 14.6. The van der Waals surface area contributed by atoms with Crippen molar-refractivity contribution in [2.75, 3.05) is 6.54 Å². The number of hydrogen-bond donors (Lipinski definition) is 1. The molecule has 1 N–H and O–H groups in total. The molecule has 0 aromatic heterocycles. The van der Waals surface area contributed by atoms with Gasteiger partial charge in [0.2, 0.25) is 0 Å². The Bertz CT molecular complexity index is 393. The second-order valence-electron chi connectivity index (χ2n) is 6.61. The van der Waals surface area contributed by atoms with Crippen molar-refractivity contribution in [1.29, 1.82) is 0 Å². The van der Waals surface area contributed by atoms with Crippen LogP contribution in [0.1, 0.15) is 64.1 Å². The molecular weight excluding hydrogens is 298 g/mol. The molecule has 1 atom stereocenters. The molecule has 1 aromatic rings. The largest absolute Gasteiger partial charge is 0.310 e. The Morgan fingerprint density at radius 1 is 1.26 bits per heavy atom. The predicted molar refractivity (Wildman–Crippen MR) is 88.6 cm³/mol. The first-order valence-electron chi connectivity index (χ1n) is 7.33. The Hall–Kier alpha value is -0.340. The molecule has 1 unspecified atom stereocenters.